The van der Waals surface area contributed by atoms with E-state index in [1.165, 1.54) is 5.56 Å². The maximum atomic E-state index is 10.3. The molecule has 0 aromatic heterocycles. The van der Waals surface area contributed by atoms with Crippen molar-refractivity contribution in [1.82, 2.24) is 4.90 Å². The minimum atomic E-state index is -0.405. The summed E-state index contributed by atoms with van der Waals surface area (Å²) in [5, 5.41) is 10.3. The topological polar surface area (TPSA) is 32.7 Å². The first-order chi connectivity index (χ1) is 8.70. The number of ether oxygens (including phenoxy) is 1. The zero-order valence-corrected chi connectivity index (χ0v) is 11.3. The first-order valence-corrected chi connectivity index (χ1v) is 6.77. The normalized spacial score (nSPS) is 22.9. The van der Waals surface area contributed by atoms with Gasteiger partial charge >= 0.3 is 0 Å². The molecule has 1 aliphatic heterocycles. The SMILES string of the molecule is CCC1COCCN1CC(O)c1ccc(C)cc1. The second-order valence-electron chi connectivity index (χ2n) is 5.06. The quantitative estimate of drug-likeness (QED) is 0.887. The van der Waals surface area contributed by atoms with Crippen LogP contribution in [0.3, 0.4) is 0 Å². The van der Waals surface area contributed by atoms with E-state index in [4.69, 9.17) is 4.74 Å². The van der Waals surface area contributed by atoms with Crippen LogP contribution in [0.5, 0.6) is 0 Å². The van der Waals surface area contributed by atoms with Gasteiger partial charge in [-0.2, -0.15) is 0 Å². The number of aryl methyl sites for hydroxylation is 1. The molecule has 3 heteroatoms. The molecule has 2 atom stereocenters. The molecule has 18 heavy (non-hydrogen) atoms. The van der Waals surface area contributed by atoms with Gasteiger partial charge in [0.15, 0.2) is 0 Å². The Bertz CT molecular complexity index is 363. The number of hydrogen-bond donors (Lipinski definition) is 1. The predicted molar refractivity (Wildman–Crippen MR) is 72.6 cm³/mol. The molecule has 1 N–H and O–H groups in total. The van der Waals surface area contributed by atoms with Crippen molar-refractivity contribution in [3.05, 3.63) is 35.4 Å². The van der Waals surface area contributed by atoms with Gasteiger partial charge in [-0.15, -0.1) is 0 Å². The van der Waals surface area contributed by atoms with E-state index in [0.717, 1.165) is 31.7 Å². The van der Waals surface area contributed by atoms with Crippen molar-refractivity contribution in [1.29, 1.82) is 0 Å². The summed E-state index contributed by atoms with van der Waals surface area (Å²) in [6.07, 6.45) is 0.665. The van der Waals surface area contributed by atoms with Crippen LogP contribution in [0, 0.1) is 6.92 Å². The lowest BCUT2D eigenvalue weighted by molar-refractivity contribution is -0.0277. The fourth-order valence-electron chi connectivity index (χ4n) is 2.42. The summed E-state index contributed by atoms with van der Waals surface area (Å²) in [4.78, 5) is 2.34. The van der Waals surface area contributed by atoms with E-state index >= 15 is 0 Å². The van der Waals surface area contributed by atoms with Gasteiger partial charge in [-0.3, -0.25) is 4.90 Å². The maximum Gasteiger partial charge on any atom is 0.0917 e. The number of β-amino-alcohol motifs (C(OH)–C–C–N with tert-alkyl or cyclic N) is 1. The van der Waals surface area contributed by atoms with Gasteiger partial charge in [0.25, 0.3) is 0 Å². The van der Waals surface area contributed by atoms with Crippen molar-refractivity contribution in [2.75, 3.05) is 26.3 Å². The second-order valence-corrected chi connectivity index (χ2v) is 5.06. The Kier molecular flexibility index (Phi) is 4.75. The Morgan fingerprint density at radius 1 is 1.39 bits per heavy atom. The summed E-state index contributed by atoms with van der Waals surface area (Å²) in [7, 11) is 0. The molecule has 2 unspecified atom stereocenters. The molecule has 0 bridgehead atoms. The first-order valence-electron chi connectivity index (χ1n) is 6.77. The summed E-state index contributed by atoms with van der Waals surface area (Å²) >= 11 is 0. The summed E-state index contributed by atoms with van der Waals surface area (Å²) < 4.78 is 5.48. The molecule has 3 nitrogen and oxygen atoms in total. The van der Waals surface area contributed by atoms with Crippen molar-refractivity contribution in [2.24, 2.45) is 0 Å². The van der Waals surface area contributed by atoms with Gasteiger partial charge in [0, 0.05) is 19.1 Å². The average Bonchev–Trinajstić information content (AvgIpc) is 2.40. The molecule has 0 radical (unpaired) electrons. The molecule has 100 valence electrons. The molecule has 0 aliphatic carbocycles. The summed E-state index contributed by atoms with van der Waals surface area (Å²) in [6, 6.07) is 8.58. The fourth-order valence-corrected chi connectivity index (χ4v) is 2.42. The zero-order valence-electron chi connectivity index (χ0n) is 11.3. The molecule has 2 rings (SSSR count). The highest BCUT2D eigenvalue weighted by atomic mass is 16.5. The van der Waals surface area contributed by atoms with Crippen LogP contribution in [0.25, 0.3) is 0 Å². The van der Waals surface area contributed by atoms with Crippen LogP contribution in [0.1, 0.15) is 30.6 Å². The summed E-state index contributed by atoms with van der Waals surface area (Å²) in [6.45, 7) is 7.41. The van der Waals surface area contributed by atoms with Crippen LogP contribution < -0.4 is 0 Å². The van der Waals surface area contributed by atoms with Gasteiger partial charge in [-0.1, -0.05) is 36.8 Å². The molecule has 0 spiro atoms. The summed E-state index contributed by atoms with van der Waals surface area (Å²) in [5.41, 5.74) is 2.23. The minimum Gasteiger partial charge on any atom is -0.387 e. The van der Waals surface area contributed by atoms with Crippen molar-refractivity contribution in [3.63, 3.8) is 0 Å². The average molecular weight is 249 g/mol. The molecular weight excluding hydrogens is 226 g/mol. The molecule has 1 aromatic rings. The van der Waals surface area contributed by atoms with E-state index in [1.807, 2.05) is 12.1 Å². The minimum absolute atomic E-state index is 0.405. The second kappa shape index (κ2) is 6.32. The van der Waals surface area contributed by atoms with E-state index in [-0.39, 0.29) is 0 Å². The lowest BCUT2D eigenvalue weighted by Gasteiger charge is -2.36. The van der Waals surface area contributed by atoms with Crippen molar-refractivity contribution < 1.29 is 9.84 Å². The van der Waals surface area contributed by atoms with Gasteiger partial charge in [0.05, 0.1) is 19.3 Å². The zero-order chi connectivity index (χ0) is 13.0. The van der Waals surface area contributed by atoms with Crippen LogP contribution >= 0.6 is 0 Å². The third kappa shape index (κ3) is 3.31. The fraction of sp³-hybridized carbons (Fsp3) is 0.600. The molecule has 1 saturated heterocycles. The van der Waals surface area contributed by atoms with Crippen LogP contribution in [0.2, 0.25) is 0 Å². The van der Waals surface area contributed by atoms with Gasteiger partial charge < -0.3 is 9.84 Å². The monoisotopic (exact) mass is 249 g/mol. The Hall–Kier alpha value is -0.900. The number of benzene rings is 1. The molecule has 0 amide bonds. The van der Waals surface area contributed by atoms with Crippen molar-refractivity contribution in [2.45, 2.75) is 32.4 Å². The molecule has 0 saturated carbocycles. The highest BCUT2D eigenvalue weighted by Crippen LogP contribution is 2.18. The Labute approximate surface area is 109 Å². The van der Waals surface area contributed by atoms with Crippen molar-refractivity contribution >= 4 is 0 Å². The highest BCUT2D eigenvalue weighted by Gasteiger charge is 2.23. The maximum absolute atomic E-state index is 10.3. The number of hydrogen-bond acceptors (Lipinski definition) is 3. The Morgan fingerprint density at radius 2 is 2.11 bits per heavy atom. The molecule has 1 aromatic carbocycles. The predicted octanol–water partition coefficient (Wildman–Crippen LogP) is 2.14. The number of nitrogens with zero attached hydrogens (tertiary/aromatic N) is 1. The first kappa shape index (κ1) is 13.5. The van der Waals surface area contributed by atoms with Gasteiger partial charge in [0.2, 0.25) is 0 Å². The number of morpholine rings is 1. The molecular formula is C15H23NO2. The van der Waals surface area contributed by atoms with Gasteiger partial charge in [0.1, 0.15) is 0 Å². The summed E-state index contributed by atoms with van der Waals surface area (Å²) in [5.74, 6) is 0. The van der Waals surface area contributed by atoms with Crippen molar-refractivity contribution in [3.8, 4) is 0 Å². The standard InChI is InChI=1S/C15H23NO2/c1-3-14-11-18-9-8-16(14)10-15(17)13-6-4-12(2)5-7-13/h4-7,14-15,17H,3,8-11H2,1-2H3. The Balaban J connectivity index is 1.97. The van der Waals surface area contributed by atoms with Gasteiger partial charge in [-0.05, 0) is 18.9 Å². The van der Waals surface area contributed by atoms with Crippen LogP contribution in [0.4, 0.5) is 0 Å². The van der Waals surface area contributed by atoms with Crippen LogP contribution in [-0.2, 0) is 4.74 Å². The van der Waals surface area contributed by atoms with Gasteiger partial charge in [-0.25, -0.2) is 0 Å². The lowest BCUT2D eigenvalue weighted by Crippen LogP contribution is -2.46. The Morgan fingerprint density at radius 3 is 2.78 bits per heavy atom. The molecule has 1 fully saturated rings. The van der Waals surface area contributed by atoms with E-state index < -0.39 is 6.10 Å². The van der Waals surface area contributed by atoms with E-state index in [2.05, 4.69) is 30.9 Å². The highest BCUT2D eigenvalue weighted by molar-refractivity contribution is 5.23. The van der Waals surface area contributed by atoms with E-state index in [1.54, 1.807) is 0 Å². The third-order valence-corrected chi connectivity index (χ3v) is 3.69. The number of aliphatic hydroxyl groups excluding tert-OH is 1. The number of aliphatic hydroxyl groups is 1. The largest absolute Gasteiger partial charge is 0.387 e. The number of rotatable bonds is 4. The van der Waals surface area contributed by atoms with E-state index in [9.17, 15) is 5.11 Å². The lowest BCUT2D eigenvalue weighted by atomic mass is 10.1. The smallest absolute Gasteiger partial charge is 0.0917 e. The van der Waals surface area contributed by atoms with E-state index in [0.29, 0.717) is 12.6 Å². The molecule has 1 heterocycles. The molecule has 1 aliphatic rings. The van der Waals surface area contributed by atoms with Crippen LogP contribution in [0.15, 0.2) is 24.3 Å². The third-order valence-electron chi connectivity index (χ3n) is 3.69. The van der Waals surface area contributed by atoms with Crippen LogP contribution in [-0.4, -0.2) is 42.4 Å².